The number of nitrogens with two attached hydrogens (primary N) is 1. The van der Waals surface area contributed by atoms with Crippen LogP contribution in [-0.2, 0) is 6.42 Å². The Bertz CT molecular complexity index is 328. The van der Waals surface area contributed by atoms with Crippen LogP contribution in [0.5, 0.6) is 0 Å². The first kappa shape index (κ1) is 13.2. The second kappa shape index (κ2) is 4.95. The summed E-state index contributed by atoms with van der Waals surface area (Å²) in [6.45, 7) is 10.7. The Labute approximate surface area is 98.2 Å². The lowest BCUT2D eigenvalue weighted by Crippen LogP contribution is -2.45. The molecule has 0 spiro atoms. The fraction of sp³-hybridized carbons (Fsp3) is 0.833. The minimum absolute atomic E-state index is 0.214. The van der Waals surface area contributed by atoms with Gasteiger partial charge >= 0.3 is 0 Å². The molecule has 0 amide bonds. The summed E-state index contributed by atoms with van der Waals surface area (Å²) in [6, 6.07) is 0.338. The van der Waals surface area contributed by atoms with Crippen LogP contribution in [0.1, 0.15) is 52.9 Å². The second-order valence-electron chi connectivity index (χ2n) is 5.21. The predicted molar refractivity (Wildman–Crippen MR) is 66.2 cm³/mol. The van der Waals surface area contributed by atoms with Crippen molar-refractivity contribution in [3.8, 4) is 0 Å². The Morgan fingerprint density at radius 1 is 1.44 bits per heavy atom. The van der Waals surface area contributed by atoms with Crippen molar-refractivity contribution in [1.82, 2.24) is 14.8 Å². The van der Waals surface area contributed by atoms with Crippen molar-refractivity contribution >= 4 is 0 Å². The molecule has 0 fully saturated rings. The highest BCUT2D eigenvalue weighted by molar-refractivity contribution is 4.98. The average Bonchev–Trinajstić information content (AvgIpc) is 2.63. The summed E-state index contributed by atoms with van der Waals surface area (Å²) in [7, 11) is 0. The topological polar surface area (TPSA) is 56.7 Å². The van der Waals surface area contributed by atoms with Crippen molar-refractivity contribution in [1.29, 1.82) is 0 Å². The van der Waals surface area contributed by atoms with Gasteiger partial charge in [-0.2, -0.15) is 5.10 Å². The first-order valence-electron chi connectivity index (χ1n) is 6.05. The Morgan fingerprint density at radius 3 is 2.56 bits per heavy atom. The summed E-state index contributed by atoms with van der Waals surface area (Å²) in [5.41, 5.74) is 6.14. The van der Waals surface area contributed by atoms with Crippen LogP contribution >= 0.6 is 0 Å². The third kappa shape index (κ3) is 2.82. The van der Waals surface area contributed by atoms with Crippen LogP contribution in [-0.4, -0.2) is 20.3 Å². The SMILES string of the molecule is CCC(C)C(C)(N)Cc1ncnn1C(C)C. The van der Waals surface area contributed by atoms with E-state index in [4.69, 9.17) is 5.73 Å². The molecule has 2 N–H and O–H groups in total. The highest BCUT2D eigenvalue weighted by atomic mass is 15.3. The van der Waals surface area contributed by atoms with E-state index < -0.39 is 0 Å². The van der Waals surface area contributed by atoms with E-state index in [2.05, 4.69) is 44.7 Å². The van der Waals surface area contributed by atoms with E-state index >= 15 is 0 Å². The second-order valence-corrected chi connectivity index (χ2v) is 5.21. The van der Waals surface area contributed by atoms with Crippen molar-refractivity contribution in [2.75, 3.05) is 0 Å². The van der Waals surface area contributed by atoms with Crippen molar-refractivity contribution < 1.29 is 0 Å². The minimum Gasteiger partial charge on any atom is -0.325 e. The predicted octanol–water partition coefficient (Wildman–Crippen LogP) is 2.17. The maximum absolute atomic E-state index is 6.35. The van der Waals surface area contributed by atoms with Gasteiger partial charge in [0.1, 0.15) is 12.2 Å². The smallest absolute Gasteiger partial charge is 0.138 e. The van der Waals surface area contributed by atoms with Gasteiger partial charge in [-0.25, -0.2) is 9.67 Å². The fourth-order valence-electron chi connectivity index (χ4n) is 1.81. The summed E-state index contributed by atoms with van der Waals surface area (Å²) < 4.78 is 1.95. The zero-order valence-corrected chi connectivity index (χ0v) is 11.1. The van der Waals surface area contributed by atoms with E-state index in [1.807, 2.05) is 4.68 Å². The minimum atomic E-state index is -0.214. The number of hydrogen-bond acceptors (Lipinski definition) is 3. The molecule has 1 rings (SSSR count). The molecule has 2 unspecified atom stereocenters. The summed E-state index contributed by atoms with van der Waals surface area (Å²) >= 11 is 0. The van der Waals surface area contributed by atoms with E-state index in [1.54, 1.807) is 6.33 Å². The van der Waals surface area contributed by atoms with E-state index in [1.165, 1.54) is 0 Å². The molecule has 4 nitrogen and oxygen atoms in total. The number of nitrogens with zero attached hydrogens (tertiary/aromatic N) is 3. The van der Waals surface area contributed by atoms with Gasteiger partial charge in [-0.3, -0.25) is 0 Å². The van der Waals surface area contributed by atoms with Gasteiger partial charge < -0.3 is 5.73 Å². The van der Waals surface area contributed by atoms with Gasteiger partial charge in [0.05, 0.1) is 0 Å². The molecule has 0 aromatic carbocycles. The molecular weight excluding hydrogens is 200 g/mol. The average molecular weight is 224 g/mol. The van der Waals surface area contributed by atoms with E-state index in [-0.39, 0.29) is 5.54 Å². The van der Waals surface area contributed by atoms with Crippen LogP contribution in [0.4, 0.5) is 0 Å². The van der Waals surface area contributed by atoms with Crippen molar-refractivity contribution in [2.24, 2.45) is 11.7 Å². The Kier molecular flexibility index (Phi) is 4.08. The summed E-state index contributed by atoms with van der Waals surface area (Å²) in [4.78, 5) is 4.31. The zero-order valence-electron chi connectivity index (χ0n) is 11.1. The molecule has 0 bridgehead atoms. The van der Waals surface area contributed by atoms with Crippen LogP contribution in [0.3, 0.4) is 0 Å². The fourth-order valence-corrected chi connectivity index (χ4v) is 1.81. The molecule has 0 radical (unpaired) electrons. The number of rotatable bonds is 5. The molecule has 2 atom stereocenters. The van der Waals surface area contributed by atoms with E-state index in [9.17, 15) is 0 Å². The summed E-state index contributed by atoms with van der Waals surface area (Å²) in [6.07, 6.45) is 3.48. The monoisotopic (exact) mass is 224 g/mol. The van der Waals surface area contributed by atoms with Crippen LogP contribution in [0, 0.1) is 5.92 Å². The van der Waals surface area contributed by atoms with Crippen molar-refractivity contribution in [3.63, 3.8) is 0 Å². The van der Waals surface area contributed by atoms with Crippen LogP contribution in [0.2, 0.25) is 0 Å². The van der Waals surface area contributed by atoms with Gasteiger partial charge in [-0.1, -0.05) is 20.3 Å². The van der Waals surface area contributed by atoms with Gasteiger partial charge in [-0.05, 0) is 26.7 Å². The van der Waals surface area contributed by atoms with Gasteiger partial charge in [0.2, 0.25) is 0 Å². The third-order valence-corrected chi connectivity index (χ3v) is 3.41. The molecule has 1 heterocycles. The van der Waals surface area contributed by atoms with Crippen molar-refractivity contribution in [3.05, 3.63) is 12.2 Å². The molecular formula is C12H24N4. The first-order chi connectivity index (χ1) is 7.38. The maximum Gasteiger partial charge on any atom is 0.138 e. The van der Waals surface area contributed by atoms with Gasteiger partial charge in [-0.15, -0.1) is 0 Å². The third-order valence-electron chi connectivity index (χ3n) is 3.41. The van der Waals surface area contributed by atoms with Crippen molar-refractivity contribution in [2.45, 2.75) is 59.0 Å². The summed E-state index contributed by atoms with van der Waals surface area (Å²) in [5.74, 6) is 1.46. The highest BCUT2D eigenvalue weighted by Crippen LogP contribution is 2.22. The Balaban J connectivity index is 2.83. The summed E-state index contributed by atoms with van der Waals surface area (Å²) in [5, 5.41) is 4.24. The lowest BCUT2D eigenvalue weighted by molar-refractivity contribution is 0.294. The van der Waals surface area contributed by atoms with Gasteiger partial charge in [0.25, 0.3) is 0 Å². The highest BCUT2D eigenvalue weighted by Gasteiger charge is 2.27. The Hall–Kier alpha value is -0.900. The van der Waals surface area contributed by atoms with Crippen LogP contribution in [0.15, 0.2) is 6.33 Å². The molecule has 0 aliphatic heterocycles. The molecule has 0 aliphatic carbocycles. The largest absolute Gasteiger partial charge is 0.325 e. The molecule has 16 heavy (non-hydrogen) atoms. The zero-order chi connectivity index (χ0) is 12.3. The maximum atomic E-state index is 6.35. The quantitative estimate of drug-likeness (QED) is 0.834. The first-order valence-corrected chi connectivity index (χ1v) is 6.05. The molecule has 1 aromatic heterocycles. The molecule has 1 aromatic rings. The lowest BCUT2D eigenvalue weighted by Gasteiger charge is -2.31. The normalized spacial score (nSPS) is 17.4. The molecule has 0 saturated carbocycles. The molecule has 0 aliphatic rings. The van der Waals surface area contributed by atoms with Gasteiger partial charge in [0, 0.05) is 18.0 Å². The lowest BCUT2D eigenvalue weighted by atomic mass is 9.83. The number of hydrogen-bond donors (Lipinski definition) is 1. The van der Waals surface area contributed by atoms with E-state index in [0.29, 0.717) is 12.0 Å². The van der Waals surface area contributed by atoms with E-state index in [0.717, 1.165) is 18.7 Å². The van der Waals surface area contributed by atoms with Crippen LogP contribution in [0.25, 0.3) is 0 Å². The Morgan fingerprint density at radius 2 is 2.06 bits per heavy atom. The molecule has 92 valence electrons. The van der Waals surface area contributed by atoms with Crippen LogP contribution < -0.4 is 5.73 Å². The number of aromatic nitrogens is 3. The molecule has 4 heteroatoms. The van der Waals surface area contributed by atoms with Gasteiger partial charge in [0.15, 0.2) is 0 Å². The molecule has 0 saturated heterocycles. The standard InChI is InChI=1S/C12H24N4/c1-6-10(4)12(5,13)7-11-14-8-15-16(11)9(2)3/h8-10H,6-7,13H2,1-5H3.